The minimum atomic E-state index is 0.415. The molecule has 1 fully saturated rings. The molecule has 0 aliphatic carbocycles. The van der Waals surface area contributed by atoms with Gasteiger partial charge in [0.05, 0.1) is 6.04 Å². The molecule has 0 spiro atoms. The summed E-state index contributed by atoms with van der Waals surface area (Å²) in [7, 11) is 0. The number of piperidine rings is 1. The van der Waals surface area contributed by atoms with Crippen molar-refractivity contribution in [3.8, 4) is 0 Å². The highest BCUT2D eigenvalue weighted by Gasteiger charge is 2.29. The lowest BCUT2D eigenvalue weighted by molar-refractivity contribution is 0.281. The van der Waals surface area contributed by atoms with Gasteiger partial charge in [-0.1, -0.05) is 13.8 Å². The van der Waals surface area contributed by atoms with Crippen LogP contribution in [0.1, 0.15) is 50.8 Å². The normalized spacial score (nSPS) is 33.4. The molecule has 0 radical (unpaired) electrons. The summed E-state index contributed by atoms with van der Waals surface area (Å²) in [6.07, 6.45) is 4.94. The first kappa shape index (κ1) is 11.2. The number of nitrogens with one attached hydrogen (secondary N) is 1. The fourth-order valence-corrected chi connectivity index (χ4v) is 3.13. The molecule has 3 unspecified atom stereocenters. The first-order valence-electron chi connectivity index (χ1n) is 6.91. The number of nitrogens with zero attached hydrogens (tertiary/aromatic N) is 3. The largest absolute Gasteiger partial charge is 0.314 e. The number of fused-ring (bicyclic) bond motifs is 1. The van der Waals surface area contributed by atoms with Crippen molar-refractivity contribution >= 4 is 0 Å². The summed E-state index contributed by atoms with van der Waals surface area (Å²) in [5, 5.41) is 12.5. The molecule has 1 N–H and O–H groups in total. The van der Waals surface area contributed by atoms with Gasteiger partial charge in [0.2, 0.25) is 0 Å². The van der Waals surface area contributed by atoms with Crippen LogP contribution in [-0.4, -0.2) is 21.3 Å². The molecular formula is C13H22N4. The molecule has 17 heavy (non-hydrogen) atoms. The first-order chi connectivity index (χ1) is 8.25. The Balaban J connectivity index is 1.88. The quantitative estimate of drug-likeness (QED) is 0.807. The van der Waals surface area contributed by atoms with Crippen molar-refractivity contribution in [2.45, 2.75) is 52.1 Å². The Morgan fingerprint density at radius 3 is 2.94 bits per heavy atom. The number of hydrogen-bond acceptors (Lipinski definition) is 3. The molecule has 1 aromatic heterocycles. The molecular weight excluding hydrogens is 212 g/mol. The van der Waals surface area contributed by atoms with Gasteiger partial charge in [0.1, 0.15) is 11.6 Å². The van der Waals surface area contributed by atoms with Gasteiger partial charge in [-0.3, -0.25) is 0 Å². The van der Waals surface area contributed by atoms with Crippen molar-refractivity contribution in [3.05, 3.63) is 11.6 Å². The van der Waals surface area contributed by atoms with E-state index in [1.165, 1.54) is 30.9 Å². The average Bonchev–Trinajstić information content (AvgIpc) is 2.72. The van der Waals surface area contributed by atoms with Crippen LogP contribution in [0, 0.1) is 11.8 Å². The third-order valence-corrected chi connectivity index (χ3v) is 4.28. The van der Waals surface area contributed by atoms with Crippen LogP contribution in [0.5, 0.6) is 0 Å². The zero-order valence-electron chi connectivity index (χ0n) is 10.8. The molecule has 4 nitrogen and oxygen atoms in total. The monoisotopic (exact) mass is 234 g/mol. The Bertz CT molecular complexity index is 398. The molecule has 1 aromatic rings. The van der Waals surface area contributed by atoms with Gasteiger partial charge < -0.3 is 9.88 Å². The topological polar surface area (TPSA) is 42.7 Å². The lowest BCUT2D eigenvalue weighted by Gasteiger charge is -2.30. The van der Waals surface area contributed by atoms with Crippen molar-refractivity contribution in [1.82, 2.24) is 20.1 Å². The molecule has 0 bridgehead atoms. The van der Waals surface area contributed by atoms with Crippen LogP contribution in [-0.2, 0) is 13.0 Å². The van der Waals surface area contributed by atoms with Crippen LogP contribution in [0.15, 0.2) is 0 Å². The van der Waals surface area contributed by atoms with E-state index in [1.54, 1.807) is 0 Å². The zero-order chi connectivity index (χ0) is 11.8. The van der Waals surface area contributed by atoms with E-state index in [0.29, 0.717) is 12.0 Å². The van der Waals surface area contributed by atoms with Crippen molar-refractivity contribution in [2.24, 2.45) is 11.8 Å². The van der Waals surface area contributed by atoms with Crippen LogP contribution in [0.25, 0.3) is 0 Å². The van der Waals surface area contributed by atoms with Gasteiger partial charge in [-0.15, -0.1) is 10.2 Å². The third kappa shape index (κ3) is 1.99. The molecule has 1 saturated heterocycles. The lowest BCUT2D eigenvalue weighted by Crippen LogP contribution is -2.35. The Morgan fingerprint density at radius 1 is 1.24 bits per heavy atom. The molecule has 0 saturated carbocycles. The summed E-state index contributed by atoms with van der Waals surface area (Å²) >= 11 is 0. The van der Waals surface area contributed by atoms with E-state index in [2.05, 4.69) is 33.9 Å². The number of rotatable bonds is 1. The van der Waals surface area contributed by atoms with Gasteiger partial charge in [-0.05, 0) is 37.6 Å². The maximum Gasteiger partial charge on any atom is 0.150 e. The van der Waals surface area contributed by atoms with E-state index >= 15 is 0 Å². The Hall–Kier alpha value is -0.900. The standard InChI is InChI=1S/C13H22N4/c1-9-5-7-17-11(8-9)15-16-13(17)12-10(2)4-3-6-14-12/h9-10,12,14H,3-8H2,1-2H3. The van der Waals surface area contributed by atoms with Crippen molar-refractivity contribution in [2.75, 3.05) is 6.54 Å². The lowest BCUT2D eigenvalue weighted by atomic mass is 9.91. The van der Waals surface area contributed by atoms with Crippen LogP contribution in [0.4, 0.5) is 0 Å². The van der Waals surface area contributed by atoms with E-state index in [0.717, 1.165) is 25.4 Å². The highest BCUT2D eigenvalue weighted by molar-refractivity contribution is 5.06. The van der Waals surface area contributed by atoms with E-state index in [9.17, 15) is 0 Å². The van der Waals surface area contributed by atoms with Crippen LogP contribution >= 0.6 is 0 Å². The molecule has 2 aliphatic heterocycles. The summed E-state index contributed by atoms with van der Waals surface area (Å²) < 4.78 is 2.36. The van der Waals surface area contributed by atoms with E-state index in [-0.39, 0.29) is 0 Å². The van der Waals surface area contributed by atoms with Gasteiger partial charge >= 0.3 is 0 Å². The van der Waals surface area contributed by atoms with Crippen molar-refractivity contribution in [3.63, 3.8) is 0 Å². The summed E-state index contributed by atoms with van der Waals surface area (Å²) in [4.78, 5) is 0. The van der Waals surface area contributed by atoms with E-state index in [4.69, 9.17) is 0 Å². The molecule has 3 rings (SSSR count). The van der Waals surface area contributed by atoms with Crippen LogP contribution in [0.3, 0.4) is 0 Å². The summed E-state index contributed by atoms with van der Waals surface area (Å²) in [6.45, 7) is 6.85. The Kier molecular flexibility index (Phi) is 2.90. The fourth-order valence-electron chi connectivity index (χ4n) is 3.13. The van der Waals surface area contributed by atoms with Crippen LogP contribution < -0.4 is 5.32 Å². The smallest absolute Gasteiger partial charge is 0.150 e. The molecule has 2 aliphatic rings. The fraction of sp³-hybridized carbons (Fsp3) is 0.846. The Labute approximate surface area is 103 Å². The summed E-state index contributed by atoms with van der Waals surface area (Å²) in [6, 6.07) is 0.415. The molecule has 0 aromatic carbocycles. The number of hydrogen-bond donors (Lipinski definition) is 1. The SMILES string of the molecule is CC1CCn2c(nnc2C2NCCCC2C)C1. The van der Waals surface area contributed by atoms with Gasteiger partial charge in [0.15, 0.2) is 0 Å². The molecule has 0 amide bonds. The van der Waals surface area contributed by atoms with Gasteiger partial charge in [-0.2, -0.15) is 0 Å². The minimum Gasteiger partial charge on any atom is -0.314 e. The molecule has 94 valence electrons. The maximum absolute atomic E-state index is 4.46. The predicted octanol–water partition coefficient (Wildman–Crippen LogP) is 1.92. The van der Waals surface area contributed by atoms with E-state index in [1.807, 2.05) is 0 Å². The first-order valence-corrected chi connectivity index (χ1v) is 6.91. The second-order valence-corrected chi connectivity index (χ2v) is 5.78. The second kappa shape index (κ2) is 4.41. The third-order valence-electron chi connectivity index (χ3n) is 4.28. The Morgan fingerprint density at radius 2 is 2.12 bits per heavy atom. The minimum absolute atomic E-state index is 0.415. The molecule has 4 heteroatoms. The molecule has 3 heterocycles. The second-order valence-electron chi connectivity index (χ2n) is 5.78. The van der Waals surface area contributed by atoms with Crippen LogP contribution in [0.2, 0.25) is 0 Å². The highest BCUT2D eigenvalue weighted by atomic mass is 15.3. The van der Waals surface area contributed by atoms with Gasteiger partial charge in [0.25, 0.3) is 0 Å². The predicted molar refractivity (Wildman–Crippen MR) is 66.6 cm³/mol. The van der Waals surface area contributed by atoms with Gasteiger partial charge in [-0.25, -0.2) is 0 Å². The van der Waals surface area contributed by atoms with Crippen molar-refractivity contribution in [1.29, 1.82) is 0 Å². The van der Waals surface area contributed by atoms with Gasteiger partial charge in [0, 0.05) is 13.0 Å². The zero-order valence-corrected chi connectivity index (χ0v) is 10.8. The van der Waals surface area contributed by atoms with E-state index < -0.39 is 0 Å². The highest BCUT2D eigenvalue weighted by Crippen LogP contribution is 2.30. The average molecular weight is 234 g/mol. The summed E-state index contributed by atoms with van der Waals surface area (Å²) in [5.74, 6) is 3.81. The van der Waals surface area contributed by atoms with Crippen molar-refractivity contribution < 1.29 is 0 Å². The summed E-state index contributed by atoms with van der Waals surface area (Å²) in [5.41, 5.74) is 0. The maximum atomic E-state index is 4.46. The molecule has 3 atom stereocenters. The number of aromatic nitrogens is 3.